The first-order valence-corrected chi connectivity index (χ1v) is 15.0. The van der Waals surface area contributed by atoms with Crippen molar-refractivity contribution >= 4 is 68.2 Å². The highest BCUT2D eigenvalue weighted by molar-refractivity contribution is 7.97. The Labute approximate surface area is 237 Å². The summed E-state index contributed by atoms with van der Waals surface area (Å²) in [6, 6.07) is 41.2. The van der Waals surface area contributed by atoms with Crippen molar-refractivity contribution in [2.45, 2.75) is 29.4 Å². The van der Waals surface area contributed by atoms with Crippen molar-refractivity contribution in [3.8, 4) is 0 Å². The highest BCUT2D eigenvalue weighted by atomic mass is 35.5. The molecule has 0 nitrogen and oxygen atoms in total. The van der Waals surface area contributed by atoms with Crippen LogP contribution in [0.25, 0.3) is 0 Å². The molecule has 0 aliphatic carbocycles. The maximum absolute atomic E-state index is 6.19. The van der Waals surface area contributed by atoms with Crippen LogP contribution in [0.5, 0.6) is 0 Å². The molecule has 0 N–H and O–H groups in total. The molecule has 5 aromatic rings. The van der Waals surface area contributed by atoms with Crippen LogP contribution in [0.1, 0.15) is 0 Å². The Morgan fingerprint density at radius 2 is 0.389 bits per heavy atom. The summed E-state index contributed by atoms with van der Waals surface area (Å²) in [6.07, 6.45) is 0. The van der Waals surface area contributed by atoms with Crippen LogP contribution in [0.4, 0.5) is 0 Å². The van der Waals surface area contributed by atoms with E-state index in [2.05, 4.69) is 72.8 Å². The van der Waals surface area contributed by atoms with Crippen LogP contribution in [0.2, 0.25) is 20.1 Å². The predicted octanol–water partition coefficient (Wildman–Crippen LogP) is 10.5. The summed E-state index contributed by atoms with van der Waals surface area (Å²) in [5.41, 5.74) is 0. The first-order valence-electron chi connectivity index (χ1n) is 11.1. The molecular weight excluding hydrogens is 566 g/mol. The summed E-state index contributed by atoms with van der Waals surface area (Å²) in [6.45, 7) is 0. The second-order valence-corrected chi connectivity index (χ2v) is 13.7. The molecule has 5 aromatic carbocycles. The van der Waals surface area contributed by atoms with Gasteiger partial charge >= 0.3 is 0 Å². The van der Waals surface area contributed by atoms with Gasteiger partial charge in [0, 0.05) is 20.1 Å². The molecule has 0 spiro atoms. The molecule has 0 aromatic heterocycles. The van der Waals surface area contributed by atoms with E-state index in [1.165, 1.54) is 29.4 Å². The number of hydrogen-bond acceptors (Lipinski definition) is 0. The minimum Gasteiger partial charge on any atom is -0.0843 e. The quantitative estimate of drug-likeness (QED) is 0.174. The van der Waals surface area contributed by atoms with Crippen molar-refractivity contribution in [3.63, 3.8) is 0 Å². The van der Waals surface area contributed by atoms with Gasteiger partial charge in [-0.1, -0.05) is 46.4 Å². The van der Waals surface area contributed by atoms with Gasteiger partial charge in [-0.15, -0.1) is 0 Å². The summed E-state index contributed by atoms with van der Waals surface area (Å²) in [4.78, 5) is 7.24. The summed E-state index contributed by atoms with van der Waals surface area (Å²) in [7, 11) is -0.594. The lowest BCUT2D eigenvalue weighted by atomic mass is 10.3. The molecule has 178 valence electrons. The summed E-state index contributed by atoms with van der Waals surface area (Å²) in [5.74, 6) is 0. The monoisotopic (exact) mass is 584 g/mol. The first kappa shape index (κ1) is 25.6. The first-order chi connectivity index (χ1) is 17.5. The van der Waals surface area contributed by atoms with Crippen LogP contribution in [0.3, 0.4) is 0 Å². The van der Waals surface area contributed by atoms with E-state index in [0.29, 0.717) is 0 Å². The molecule has 0 amide bonds. The number of rotatable bonds is 6. The van der Waals surface area contributed by atoms with Crippen LogP contribution in [0, 0.1) is 0 Å². The highest BCUT2D eigenvalue weighted by Crippen LogP contribution is 2.36. The fourth-order valence-electron chi connectivity index (χ4n) is 3.81. The Morgan fingerprint density at radius 3 is 0.556 bits per heavy atom. The zero-order valence-electron chi connectivity index (χ0n) is 18.9. The van der Waals surface area contributed by atoms with E-state index in [9.17, 15) is 0 Å². The SMILES string of the molecule is Clc1ccc([S+](c2ccc(Cl)cc2)c2ccc([S+](c3ccc(Cl)cc3)c3ccc(Cl)cc3)cc2)cc1. The largest absolute Gasteiger partial charge is 0.166 e. The van der Waals surface area contributed by atoms with Crippen LogP contribution >= 0.6 is 46.4 Å². The number of benzene rings is 5. The van der Waals surface area contributed by atoms with E-state index in [1.807, 2.05) is 48.5 Å². The van der Waals surface area contributed by atoms with Crippen molar-refractivity contribution in [1.29, 1.82) is 0 Å². The molecule has 0 aliphatic rings. The Balaban J connectivity index is 1.57. The summed E-state index contributed by atoms with van der Waals surface area (Å²) in [5, 5.41) is 2.90. The second kappa shape index (κ2) is 11.6. The zero-order valence-corrected chi connectivity index (χ0v) is 23.5. The Morgan fingerprint density at radius 1 is 0.250 bits per heavy atom. The molecule has 5 rings (SSSR count). The average molecular weight is 586 g/mol. The molecule has 0 bridgehead atoms. The fourth-order valence-corrected chi connectivity index (χ4v) is 8.40. The third-order valence-corrected chi connectivity index (χ3v) is 11.0. The Bertz CT molecular complexity index is 1230. The van der Waals surface area contributed by atoms with Crippen LogP contribution in [-0.4, -0.2) is 0 Å². The van der Waals surface area contributed by atoms with Crippen molar-refractivity contribution in [2.75, 3.05) is 0 Å². The summed E-state index contributed by atoms with van der Waals surface area (Å²) >= 11 is 24.8. The maximum Gasteiger partial charge on any atom is 0.166 e. The molecular formula is C30H20Cl4S2+2. The summed E-state index contributed by atoms with van der Waals surface area (Å²) < 4.78 is 0. The Kier molecular flexibility index (Phi) is 8.22. The standard InChI is InChI=1S/C30H20Cl4S2/c31-21-1-9-25(10-2-21)35(26-11-3-22(32)4-12-26)29-17-19-30(20-18-29)36(27-13-5-23(33)6-14-27)28-15-7-24(34)8-16-28/h1-20H/q+2. The molecule has 0 saturated carbocycles. The average Bonchev–Trinajstić information content (AvgIpc) is 2.90. The van der Waals surface area contributed by atoms with Crippen molar-refractivity contribution in [2.24, 2.45) is 0 Å². The van der Waals surface area contributed by atoms with Gasteiger partial charge in [0.15, 0.2) is 29.4 Å². The van der Waals surface area contributed by atoms with Crippen molar-refractivity contribution in [3.05, 3.63) is 141 Å². The van der Waals surface area contributed by atoms with Crippen LogP contribution < -0.4 is 0 Å². The molecule has 0 saturated heterocycles. The minimum absolute atomic E-state index is 0.297. The molecule has 0 unspecified atom stereocenters. The Hall–Kier alpha value is -2.04. The van der Waals surface area contributed by atoms with E-state index in [-0.39, 0.29) is 21.8 Å². The third-order valence-electron chi connectivity index (χ3n) is 5.49. The van der Waals surface area contributed by atoms with E-state index in [4.69, 9.17) is 46.4 Å². The van der Waals surface area contributed by atoms with Gasteiger partial charge in [-0.3, -0.25) is 0 Å². The van der Waals surface area contributed by atoms with E-state index in [0.717, 1.165) is 20.1 Å². The van der Waals surface area contributed by atoms with E-state index in [1.54, 1.807) is 0 Å². The second-order valence-electron chi connectivity index (χ2n) is 7.90. The molecule has 0 heterocycles. The third kappa shape index (κ3) is 5.92. The zero-order chi connectivity index (χ0) is 25.1. The molecule has 6 heteroatoms. The van der Waals surface area contributed by atoms with Gasteiger partial charge in [0.2, 0.25) is 0 Å². The lowest BCUT2D eigenvalue weighted by Crippen LogP contribution is -2.07. The van der Waals surface area contributed by atoms with Gasteiger partial charge in [-0.25, -0.2) is 0 Å². The predicted molar refractivity (Wildman–Crippen MR) is 157 cm³/mol. The highest BCUT2D eigenvalue weighted by Gasteiger charge is 2.32. The van der Waals surface area contributed by atoms with Crippen molar-refractivity contribution < 1.29 is 0 Å². The number of halogens is 4. The fraction of sp³-hybridized carbons (Fsp3) is 0. The normalized spacial score (nSPS) is 11.3. The maximum atomic E-state index is 6.19. The van der Waals surface area contributed by atoms with Gasteiger partial charge in [0.05, 0.1) is 21.8 Å². The lowest BCUT2D eigenvalue weighted by Gasteiger charge is -2.11. The van der Waals surface area contributed by atoms with Crippen LogP contribution in [-0.2, 0) is 21.8 Å². The van der Waals surface area contributed by atoms with Gasteiger partial charge in [0.25, 0.3) is 0 Å². The molecule has 0 radical (unpaired) electrons. The van der Waals surface area contributed by atoms with Gasteiger partial charge in [-0.05, 0) is 121 Å². The molecule has 0 fully saturated rings. The lowest BCUT2D eigenvalue weighted by molar-refractivity contribution is 1.26. The van der Waals surface area contributed by atoms with Gasteiger partial charge in [-0.2, -0.15) is 0 Å². The molecule has 0 atom stereocenters. The molecule has 0 aliphatic heterocycles. The van der Waals surface area contributed by atoms with Crippen LogP contribution in [0.15, 0.2) is 151 Å². The molecule has 36 heavy (non-hydrogen) atoms. The van der Waals surface area contributed by atoms with E-state index >= 15 is 0 Å². The van der Waals surface area contributed by atoms with E-state index < -0.39 is 0 Å². The van der Waals surface area contributed by atoms with Gasteiger partial charge in [0.1, 0.15) is 0 Å². The minimum atomic E-state index is -0.297. The smallest absolute Gasteiger partial charge is 0.0843 e. The topological polar surface area (TPSA) is 0 Å². The van der Waals surface area contributed by atoms with Crippen molar-refractivity contribution in [1.82, 2.24) is 0 Å². The number of hydrogen-bond donors (Lipinski definition) is 0. The van der Waals surface area contributed by atoms with Gasteiger partial charge < -0.3 is 0 Å².